The van der Waals surface area contributed by atoms with Crippen LogP contribution >= 0.6 is 11.3 Å². The number of thiophene rings is 1. The first-order valence-electron chi connectivity index (χ1n) is 8.40. The molecular formula is C21H20N2O2S. The number of methoxy groups -OCH3 is 1. The maximum absolute atomic E-state index is 12.3. The molecule has 0 fully saturated rings. The van der Waals surface area contributed by atoms with E-state index in [9.17, 15) is 4.79 Å². The van der Waals surface area contributed by atoms with Gasteiger partial charge < -0.3 is 15.5 Å². The molecule has 0 atom stereocenters. The van der Waals surface area contributed by atoms with E-state index in [-0.39, 0.29) is 5.56 Å². The Morgan fingerprint density at radius 2 is 1.81 bits per heavy atom. The lowest BCUT2D eigenvalue weighted by Gasteiger charge is -2.20. The average molecular weight is 364 g/mol. The first-order valence-corrected chi connectivity index (χ1v) is 9.28. The summed E-state index contributed by atoms with van der Waals surface area (Å²) >= 11 is 1.45. The van der Waals surface area contributed by atoms with E-state index in [0.29, 0.717) is 0 Å². The molecule has 0 aliphatic rings. The van der Waals surface area contributed by atoms with Crippen molar-refractivity contribution in [3.8, 4) is 16.9 Å². The van der Waals surface area contributed by atoms with Crippen molar-refractivity contribution in [2.75, 3.05) is 7.11 Å². The summed E-state index contributed by atoms with van der Waals surface area (Å²) in [4.78, 5) is 15.3. The Balaban J connectivity index is 2.07. The normalized spacial score (nSPS) is 12.0. The summed E-state index contributed by atoms with van der Waals surface area (Å²) in [7, 11) is 1.67. The number of hydrogen-bond donors (Lipinski definition) is 2. The number of ether oxygens (including phenoxy) is 1. The molecule has 26 heavy (non-hydrogen) atoms. The number of aromatic amines is 1. The molecule has 2 aromatic carbocycles. The van der Waals surface area contributed by atoms with Gasteiger partial charge in [-0.3, -0.25) is 4.79 Å². The number of hydrogen-bond acceptors (Lipinski definition) is 4. The molecule has 0 aliphatic heterocycles. The van der Waals surface area contributed by atoms with E-state index >= 15 is 0 Å². The van der Waals surface area contributed by atoms with Crippen LogP contribution in [0.4, 0.5) is 0 Å². The van der Waals surface area contributed by atoms with Crippen LogP contribution in [0.2, 0.25) is 0 Å². The third-order valence-electron chi connectivity index (χ3n) is 4.69. The number of rotatable bonds is 3. The number of fused-ring (bicyclic) bond motifs is 3. The minimum atomic E-state index is -0.396. The minimum absolute atomic E-state index is 0.0566. The summed E-state index contributed by atoms with van der Waals surface area (Å²) in [5.41, 5.74) is 9.63. The van der Waals surface area contributed by atoms with E-state index in [4.69, 9.17) is 10.5 Å². The molecule has 2 aromatic heterocycles. The maximum Gasteiger partial charge on any atom is 0.266 e. The molecule has 0 saturated carbocycles. The number of H-pyrrole nitrogens is 1. The van der Waals surface area contributed by atoms with Crippen LogP contribution in [-0.4, -0.2) is 12.1 Å². The van der Waals surface area contributed by atoms with E-state index in [0.717, 1.165) is 43.4 Å². The molecule has 0 bridgehead atoms. The second-order valence-corrected chi connectivity index (χ2v) is 7.90. The molecule has 4 aromatic rings. The average Bonchev–Trinajstić information content (AvgIpc) is 3.11. The van der Waals surface area contributed by atoms with Crippen molar-refractivity contribution in [3.63, 3.8) is 0 Å². The van der Waals surface area contributed by atoms with Crippen LogP contribution in [0.3, 0.4) is 0 Å². The highest BCUT2D eigenvalue weighted by atomic mass is 32.1. The van der Waals surface area contributed by atoms with Gasteiger partial charge >= 0.3 is 0 Å². The number of nitrogens with two attached hydrogens (primary N) is 1. The fourth-order valence-electron chi connectivity index (χ4n) is 3.35. The molecule has 0 spiro atoms. The van der Waals surface area contributed by atoms with Crippen molar-refractivity contribution in [1.29, 1.82) is 0 Å². The van der Waals surface area contributed by atoms with E-state index in [1.807, 2.05) is 49.6 Å². The van der Waals surface area contributed by atoms with Crippen molar-refractivity contribution < 1.29 is 4.74 Å². The molecule has 4 rings (SSSR count). The van der Waals surface area contributed by atoms with Gasteiger partial charge in [-0.25, -0.2) is 0 Å². The maximum atomic E-state index is 12.3. The molecule has 0 aliphatic carbocycles. The lowest BCUT2D eigenvalue weighted by Crippen LogP contribution is -2.28. The van der Waals surface area contributed by atoms with Gasteiger partial charge in [-0.2, -0.15) is 0 Å². The van der Waals surface area contributed by atoms with Gasteiger partial charge in [0.1, 0.15) is 10.4 Å². The van der Waals surface area contributed by atoms with E-state index in [1.165, 1.54) is 11.3 Å². The second-order valence-electron chi connectivity index (χ2n) is 6.98. The molecule has 5 heteroatoms. The summed E-state index contributed by atoms with van der Waals surface area (Å²) in [6.07, 6.45) is 0. The van der Waals surface area contributed by atoms with Crippen molar-refractivity contribution in [2.45, 2.75) is 19.4 Å². The van der Waals surface area contributed by atoms with E-state index in [2.05, 4.69) is 17.1 Å². The SMILES string of the molecule is COc1ccc2[nH]c(=O)c3sccc3c2c1-c1ccc(C(C)(C)N)cc1. The highest BCUT2D eigenvalue weighted by Gasteiger charge is 2.18. The highest BCUT2D eigenvalue weighted by molar-refractivity contribution is 7.17. The van der Waals surface area contributed by atoms with Crippen LogP contribution in [-0.2, 0) is 5.54 Å². The summed E-state index contributed by atoms with van der Waals surface area (Å²) < 4.78 is 6.38. The summed E-state index contributed by atoms with van der Waals surface area (Å²) in [5, 5.41) is 3.90. The van der Waals surface area contributed by atoms with Gasteiger partial charge in [0.15, 0.2) is 0 Å². The van der Waals surface area contributed by atoms with Gasteiger partial charge in [-0.05, 0) is 48.6 Å². The highest BCUT2D eigenvalue weighted by Crippen LogP contribution is 2.40. The Labute approximate surface area is 155 Å². The predicted octanol–water partition coefficient (Wildman–Crippen LogP) is 4.61. The van der Waals surface area contributed by atoms with Gasteiger partial charge in [0.2, 0.25) is 0 Å². The fraction of sp³-hybridized carbons (Fsp3) is 0.190. The quantitative estimate of drug-likeness (QED) is 0.558. The molecule has 0 saturated heterocycles. The number of benzene rings is 2. The van der Waals surface area contributed by atoms with Crippen LogP contribution < -0.4 is 16.0 Å². The number of aromatic nitrogens is 1. The zero-order chi connectivity index (χ0) is 18.5. The smallest absolute Gasteiger partial charge is 0.266 e. The van der Waals surface area contributed by atoms with Gasteiger partial charge in [-0.1, -0.05) is 24.3 Å². The standard InChI is InChI=1S/C21H20N2O2S/c1-21(2,22)13-6-4-12(5-7-13)17-16(25-3)9-8-15-18(17)14-10-11-26-19(14)20(24)23-15/h4-11H,22H2,1-3H3,(H,23,24). The van der Waals surface area contributed by atoms with Crippen LogP contribution in [0.5, 0.6) is 5.75 Å². The van der Waals surface area contributed by atoms with Crippen molar-refractivity contribution in [2.24, 2.45) is 5.73 Å². The predicted molar refractivity (Wildman–Crippen MR) is 109 cm³/mol. The Hall–Kier alpha value is -2.63. The van der Waals surface area contributed by atoms with Gasteiger partial charge in [0.25, 0.3) is 5.56 Å². The van der Waals surface area contributed by atoms with Crippen LogP contribution in [0.25, 0.3) is 32.1 Å². The molecular weight excluding hydrogens is 344 g/mol. The van der Waals surface area contributed by atoms with Crippen LogP contribution in [0, 0.1) is 0 Å². The summed E-state index contributed by atoms with van der Waals surface area (Å²) in [6.45, 7) is 3.97. The Morgan fingerprint density at radius 3 is 2.46 bits per heavy atom. The number of pyridine rings is 1. The van der Waals surface area contributed by atoms with Crippen molar-refractivity contribution >= 4 is 32.3 Å². The Kier molecular flexibility index (Phi) is 3.86. The zero-order valence-electron chi connectivity index (χ0n) is 14.9. The topological polar surface area (TPSA) is 68.1 Å². The monoisotopic (exact) mass is 364 g/mol. The first kappa shape index (κ1) is 16.8. The van der Waals surface area contributed by atoms with E-state index < -0.39 is 5.54 Å². The Bertz CT molecular complexity index is 1170. The van der Waals surface area contributed by atoms with E-state index in [1.54, 1.807) is 7.11 Å². The molecule has 0 amide bonds. The first-order chi connectivity index (χ1) is 12.4. The zero-order valence-corrected chi connectivity index (χ0v) is 15.7. The van der Waals surface area contributed by atoms with Crippen molar-refractivity contribution in [1.82, 2.24) is 4.98 Å². The largest absolute Gasteiger partial charge is 0.496 e. The van der Waals surface area contributed by atoms with Gasteiger partial charge in [0, 0.05) is 27.4 Å². The number of nitrogens with one attached hydrogen (secondary N) is 1. The molecule has 2 heterocycles. The molecule has 3 N–H and O–H groups in total. The third-order valence-corrected chi connectivity index (χ3v) is 5.61. The summed E-state index contributed by atoms with van der Waals surface area (Å²) in [5.74, 6) is 0.775. The lowest BCUT2D eigenvalue weighted by atomic mass is 9.92. The second kappa shape index (κ2) is 5.97. The Morgan fingerprint density at radius 1 is 1.08 bits per heavy atom. The van der Waals surface area contributed by atoms with Gasteiger partial charge in [-0.15, -0.1) is 11.3 Å². The summed E-state index contributed by atoms with van der Waals surface area (Å²) in [6, 6.07) is 14.0. The molecule has 0 radical (unpaired) electrons. The molecule has 0 unspecified atom stereocenters. The fourth-order valence-corrected chi connectivity index (χ4v) is 4.15. The van der Waals surface area contributed by atoms with Gasteiger partial charge in [0.05, 0.1) is 7.11 Å². The van der Waals surface area contributed by atoms with Crippen LogP contribution in [0.15, 0.2) is 52.6 Å². The van der Waals surface area contributed by atoms with Crippen LogP contribution in [0.1, 0.15) is 19.4 Å². The molecule has 132 valence electrons. The lowest BCUT2D eigenvalue weighted by molar-refractivity contribution is 0.417. The minimum Gasteiger partial charge on any atom is -0.496 e. The molecule has 4 nitrogen and oxygen atoms in total. The third kappa shape index (κ3) is 2.60. The van der Waals surface area contributed by atoms with Crippen molar-refractivity contribution in [3.05, 3.63) is 63.8 Å².